The van der Waals surface area contributed by atoms with E-state index >= 15 is 0 Å². The Morgan fingerprint density at radius 3 is 1.48 bits per heavy atom. The van der Waals surface area contributed by atoms with Gasteiger partial charge in [0, 0.05) is 6.54 Å². The number of phosphoric ester groups is 1. The minimum absolute atomic E-state index is 0.0434. The van der Waals surface area contributed by atoms with Gasteiger partial charge in [0.2, 0.25) is 5.91 Å². The topological polar surface area (TPSA) is 151 Å². The zero-order valence-electron chi connectivity index (χ0n) is 36.2. The molecule has 0 aliphatic heterocycles. The van der Waals surface area contributed by atoms with Crippen LogP contribution in [0.4, 0.5) is 0 Å². The zero-order valence-corrected chi connectivity index (χ0v) is 37.1. The maximum absolute atomic E-state index is 12.8. The first-order chi connectivity index (χ1) is 27.3. The number of hydrogen-bond donors (Lipinski definition) is 5. The molecule has 1 amide bonds. The Morgan fingerprint density at radius 2 is 1.02 bits per heavy atom. The number of nitrogens with two attached hydrogens (primary N) is 1. The van der Waals surface area contributed by atoms with E-state index in [0.29, 0.717) is 12.8 Å². The molecule has 0 aromatic heterocycles. The highest BCUT2D eigenvalue weighted by atomic mass is 31.2. The number of rotatable bonds is 43. The van der Waals surface area contributed by atoms with Crippen LogP contribution in [0.2, 0.25) is 0 Å². The van der Waals surface area contributed by atoms with Gasteiger partial charge in [-0.3, -0.25) is 13.8 Å². The molecular formula is C46H89N2O7P. The predicted octanol–water partition coefficient (Wildman–Crippen LogP) is 12.1. The lowest BCUT2D eigenvalue weighted by molar-refractivity contribution is -0.124. The molecule has 0 bridgehead atoms. The van der Waals surface area contributed by atoms with Crippen molar-refractivity contribution in [3.05, 3.63) is 36.5 Å². The van der Waals surface area contributed by atoms with Crippen molar-refractivity contribution >= 4 is 13.7 Å². The molecule has 0 fully saturated rings. The van der Waals surface area contributed by atoms with Crippen molar-refractivity contribution in [2.24, 2.45) is 5.73 Å². The van der Waals surface area contributed by atoms with Crippen molar-refractivity contribution in [2.75, 3.05) is 19.8 Å². The van der Waals surface area contributed by atoms with Gasteiger partial charge >= 0.3 is 7.82 Å². The molecule has 0 saturated carbocycles. The fourth-order valence-corrected chi connectivity index (χ4v) is 7.48. The molecule has 0 heterocycles. The van der Waals surface area contributed by atoms with Crippen LogP contribution in [0, 0.1) is 0 Å². The van der Waals surface area contributed by atoms with E-state index < -0.39 is 38.6 Å². The van der Waals surface area contributed by atoms with Crippen molar-refractivity contribution in [3.8, 4) is 0 Å². The number of aliphatic hydroxyl groups is 2. The summed E-state index contributed by atoms with van der Waals surface area (Å²) in [5.41, 5.74) is 5.36. The lowest BCUT2D eigenvalue weighted by atomic mass is 10.0. The quantitative estimate of drug-likeness (QED) is 0.0232. The number of hydrogen-bond acceptors (Lipinski definition) is 7. The van der Waals surface area contributed by atoms with Crippen LogP contribution in [0.25, 0.3) is 0 Å². The predicted molar refractivity (Wildman–Crippen MR) is 237 cm³/mol. The number of nitrogens with one attached hydrogen (secondary N) is 1. The van der Waals surface area contributed by atoms with Gasteiger partial charge in [-0.25, -0.2) is 4.57 Å². The first kappa shape index (κ1) is 54.7. The summed E-state index contributed by atoms with van der Waals surface area (Å²) in [6.45, 7) is 3.94. The maximum atomic E-state index is 12.8. The molecule has 330 valence electrons. The van der Waals surface area contributed by atoms with Crippen LogP contribution in [-0.2, 0) is 18.4 Å². The Balaban J connectivity index is 4.25. The van der Waals surface area contributed by atoms with Crippen LogP contribution < -0.4 is 11.1 Å². The van der Waals surface area contributed by atoms with Gasteiger partial charge in [0.15, 0.2) is 0 Å². The van der Waals surface area contributed by atoms with Crippen molar-refractivity contribution < 1.29 is 33.5 Å². The number of phosphoric acid groups is 1. The summed E-state index contributed by atoms with van der Waals surface area (Å²) in [6, 6.07) is -1.00. The molecule has 9 nitrogen and oxygen atoms in total. The number of unbranched alkanes of at least 4 members (excludes halogenated alkanes) is 25. The number of carbonyl (C=O) groups is 1. The molecule has 0 rings (SSSR count). The van der Waals surface area contributed by atoms with Gasteiger partial charge < -0.3 is 26.2 Å². The molecule has 0 aromatic carbocycles. The molecule has 0 aliphatic carbocycles. The second-order valence-electron chi connectivity index (χ2n) is 15.8. The molecule has 0 saturated heterocycles. The van der Waals surface area contributed by atoms with Crippen molar-refractivity contribution in [1.29, 1.82) is 0 Å². The summed E-state index contributed by atoms with van der Waals surface area (Å²) in [6.07, 6.45) is 46.7. The lowest BCUT2D eigenvalue weighted by Crippen LogP contribution is -2.46. The summed E-state index contributed by atoms with van der Waals surface area (Å²) in [4.78, 5) is 22.8. The normalized spacial score (nSPS) is 14.9. The van der Waals surface area contributed by atoms with E-state index in [0.717, 1.165) is 44.9 Å². The van der Waals surface area contributed by atoms with E-state index in [1.54, 1.807) is 6.08 Å². The fraction of sp³-hybridized carbons (Fsp3) is 0.848. The molecule has 0 radical (unpaired) electrons. The summed E-state index contributed by atoms with van der Waals surface area (Å²) >= 11 is 0. The zero-order chi connectivity index (χ0) is 41.2. The smallest absolute Gasteiger partial charge is 0.393 e. The Morgan fingerprint density at radius 1 is 0.607 bits per heavy atom. The number of aliphatic hydroxyl groups excluding tert-OH is 2. The average molecular weight is 813 g/mol. The first-order valence-electron chi connectivity index (χ1n) is 23.2. The third kappa shape index (κ3) is 39.5. The van der Waals surface area contributed by atoms with Gasteiger partial charge in [0.25, 0.3) is 0 Å². The highest BCUT2D eigenvalue weighted by molar-refractivity contribution is 7.47. The lowest BCUT2D eigenvalue weighted by Gasteiger charge is -2.24. The van der Waals surface area contributed by atoms with E-state index in [1.807, 2.05) is 6.08 Å². The highest BCUT2D eigenvalue weighted by Crippen LogP contribution is 2.43. The second kappa shape index (κ2) is 41.8. The van der Waals surface area contributed by atoms with Crippen molar-refractivity contribution in [3.63, 3.8) is 0 Å². The SMILES string of the molecule is CCCCCCCCC/C=C/CC/C=C/C(O)C(COP(=O)(O)OCCN)NC(=O)CC(O)CCCCCCC/C=C\CCCCCCCCCCCCCC. The monoisotopic (exact) mass is 813 g/mol. The minimum Gasteiger partial charge on any atom is -0.393 e. The average Bonchev–Trinajstić information content (AvgIpc) is 3.17. The molecular weight excluding hydrogens is 723 g/mol. The number of allylic oxidation sites excluding steroid dienone is 5. The largest absolute Gasteiger partial charge is 0.472 e. The standard InChI is InChI=1S/C46H89N2O7P/c1-3-5-7-9-11-13-15-17-18-19-20-21-22-23-24-26-27-29-31-33-35-37-43(49)41-46(51)48-44(42-55-56(52,53)54-40-39-47)45(50)38-36-34-32-30-28-25-16-14-12-10-8-6-4-2/h23-24,28,30,36,38,43-45,49-50H,3-22,25-27,29,31-35,37,39-42,47H2,1-2H3,(H,48,51)(H,52,53)/b24-23-,30-28+,38-36+. The van der Waals surface area contributed by atoms with Crippen LogP contribution in [-0.4, -0.2) is 59.0 Å². The molecule has 4 unspecified atom stereocenters. The van der Waals surface area contributed by atoms with Gasteiger partial charge in [0.1, 0.15) is 0 Å². The summed E-state index contributed by atoms with van der Waals surface area (Å²) in [5.74, 6) is -0.460. The Kier molecular flexibility index (Phi) is 40.8. The Labute approximate surface area is 344 Å². The van der Waals surface area contributed by atoms with Gasteiger partial charge in [-0.2, -0.15) is 0 Å². The van der Waals surface area contributed by atoms with E-state index in [2.05, 4.69) is 43.5 Å². The minimum atomic E-state index is -4.41. The number of amides is 1. The molecule has 10 heteroatoms. The fourth-order valence-electron chi connectivity index (χ4n) is 6.72. The highest BCUT2D eigenvalue weighted by Gasteiger charge is 2.27. The first-order valence-corrected chi connectivity index (χ1v) is 24.7. The van der Waals surface area contributed by atoms with Gasteiger partial charge in [-0.1, -0.05) is 185 Å². The van der Waals surface area contributed by atoms with Gasteiger partial charge in [-0.05, 0) is 57.8 Å². The molecule has 4 atom stereocenters. The van der Waals surface area contributed by atoms with Crippen LogP contribution in [0.15, 0.2) is 36.5 Å². The third-order valence-corrected chi connectivity index (χ3v) is 11.2. The van der Waals surface area contributed by atoms with E-state index in [1.165, 1.54) is 135 Å². The van der Waals surface area contributed by atoms with Gasteiger partial charge in [-0.15, -0.1) is 0 Å². The summed E-state index contributed by atoms with van der Waals surface area (Å²) < 4.78 is 22.1. The molecule has 0 aromatic rings. The van der Waals surface area contributed by atoms with E-state index in [9.17, 15) is 24.5 Å². The van der Waals surface area contributed by atoms with Crippen LogP contribution in [0.3, 0.4) is 0 Å². The van der Waals surface area contributed by atoms with Crippen molar-refractivity contribution in [2.45, 2.75) is 231 Å². The number of carbonyl (C=O) groups excluding carboxylic acids is 1. The second-order valence-corrected chi connectivity index (χ2v) is 17.2. The Bertz CT molecular complexity index is 993. The molecule has 0 spiro atoms. The van der Waals surface area contributed by atoms with E-state index in [4.69, 9.17) is 14.8 Å². The van der Waals surface area contributed by atoms with Crippen LogP contribution in [0.1, 0.15) is 213 Å². The van der Waals surface area contributed by atoms with Gasteiger partial charge in [0.05, 0.1) is 37.9 Å². The maximum Gasteiger partial charge on any atom is 0.472 e. The third-order valence-electron chi connectivity index (χ3n) is 10.2. The molecule has 6 N–H and O–H groups in total. The van der Waals surface area contributed by atoms with Crippen LogP contribution in [0.5, 0.6) is 0 Å². The van der Waals surface area contributed by atoms with E-state index in [-0.39, 0.29) is 19.6 Å². The Hall–Kier alpha value is -1.32. The molecule has 56 heavy (non-hydrogen) atoms. The van der Waals surface area contributed by atoms with Crippen molar-refractivity contribution in [1.82, 2.24) is 5.32 Å². The molecule has 0 aliphatic rings. The van der Waals surface area contributed by atoms with Crippen LogP contribution >= 0.6 is 7.82 Å². The summed E-state index contributed by atoms with van der Waals surface area (Å²) in [5, 5.41) is 24.0. The summed E-state index contributed by atoms with van der Waals surface area (Å²) in [7, 11) is -4.41.